The fourth-order valence-corrected chi connectivity index (χ4v) is 1.78. The Morgan fingerprint density at radius 1 is 1.09 bits per heavy atom. The molecule has 2 aromatic rings. The zero-order chi connectivity index (χ0) is 17.3. The number of halogens is 6. The number of nitrogens with zero attached hydrogens (tertiary/aromatic N) is 1. The number of aromatic nitrogens is 1. The first kappa shape index (κ1) is 16.7. The molecule has 0 radical (unpaired) electrons. The molecule has 122 valence electrons. The lowest BCUT2D eigenvalue weighted by atomic mass is 10.1. The number of terminal acetylenes is 1. The van der Waals surface area contributed by atoms with E-state index in [0.29, 0.717) is 6.07 Å². The first-order valence-electron chi connectivity index (χ1n) is 5.95. The maximum absolute atomic E-state index is 12.9. The van der Waals surface area contributed by atoms with Crippen molar-refractivity contribution >= 4 is 10.9 Å². The highest BCUT2D eigenvalue weighted by Gasteiger charge is 2.36. The topological polar surface area (TPSA) is 31.4 Å². The van der Waals surface area contributed by atoms with Gasteiger partial charge in [0.25, 0.3) is 0 Å². The molecule has 0 atom stereocenters. The molecule has 1 aromatic carbocycles. The standard InChI is InChI=1S/C14H7F6NO2/c1-2-6-22-10-7-11(13(15,16)17)21-12-8(10)4-3-5-9(12)23-14(18,19)20/h1,3-5,7H,6H2. The van der Waals surface area contributed by atoms with E-state index in [1.807, 2.05) is 0 Å². The van der Waals surface area contributed by atoms with Gasteiger partial charge >= 0.3 is 12.5 Å². The molecule has 0 saturated carbocycles. The van der Waals surface area contributed by atoms with Crippen LogP contribution in [0.5, 0.6) is 11.5 Å². The van der Waals surface area contributed by atoms with E-state index in [4.69, 9.17) is 11.2 Å². The maximum Gasteiger partial charge on any atom is 0.573 e. The molecule has 1 heterocycles. The van der Waals surface area contributed by atoms with Gasteiger partial charge in [0.2, 0.25) is 0 Å². The lowest BCUT2D eigenvalue weighted by Crippen LogP contribution is -2.18. The quantitative estimate of drug-likeness (QED) is 0.623. The van der Waals surface area contributed by atoms with E-state index >= 15 is 0 Å². The number of hydrogen-bond donors (Lipinski definition) is 0. The second-order valence-corrected chi connectivity index (χ2v) is 4.20. The molecule has 0 spiro atoms. The van der Waals surface area contributed by atoms with E-state index in [1.165, 1.54) is 12.1 Å². The van der Waals surface area contributed by atoms with Gasteiger partial charge in [-0.15, -0.1) is 19.6 Å². The molecule has 3 nitrogen and oxygen atoms in total. The number of para-hydroxylation sites is 1. The summed E-state index contributed by atoms with van der Waals surface area (Å²) in [6, 6.07) is 3.84. The fraction of sp³-hybridized carbons (Fsp3) is 0.214. The molecule has 0 bridgehead atoms. The Balaban J connectivity index is 2.69. The van der Waals surface area contributed by atoms with Crippen LogP contribution in [0, 0.1) is 12.3 Å². The van der Waals surface area contributed by atoms with Gasteiger partial charge in [-0.3, -0.25) is 0 Å². The Labute approximate surface area is 125 Å². The van der Waals surface area contributed by atoms with Crippen molar-refractivity contribution in [3.63, 3.8) is 0 Å². The molecule has 9 heteroatoms. The van der Waals surface area contributed by atoms with Gasteiger partial charge in [-0.2, -0.15) is 13.2 Å². The number of rotatable bonds is 3. The molecule has 2 rings (SSSR count). The van der Waals surface area contributed by atoms with E-state index < -0.39 is 29.5 Å². The van der Waals surface area contributed by atoms with Crippen molar-refractivity contribution in [1.82, 2.24) is 4.98 Å². The summed E-state index contributed by atoms with van der Waals surface area (Å²) in [5.41, 5.74) is -2.05. The van der Waals surface area contributed by atoms with Gasteiger partial charge in [0.05, 0.1) is 0 Å². The average Bonchev–Trinajstić information content (AvgIpc) is 2.42. The van der Waals surface area contributed by atoms with Crippen LogP contribution in [0.3, 0.4) is 0 Å². The lowest BCUT2D eigenvalue weighted by molar-refractivity contribution is -0.274. The summed E-state index contributed by atoms with van der Waals surface area (Å²) in [7, 11) is 0. The molecule has 0 amide bonds. The molecule has 0 unspecified atom stereocenters. The van der Waals surface area contributed by atoms with Crippen LogP contribution >= 0.6 is 0 Å². The van der Waals surface area contributed by atoms with E-state index in [-0.39, 0.29) is 17.7 Å². The van der Waals surface area contributed by atoms with Crippen molar-refractivity contribution < 1.29 is 35.8 Å². The van der Waals surface area contributed by atoms with Crippen molar-refractivity contribution in [3.05, 3.63) is 30.0 Å². The second-order valence-electron chi connectivity index (χ2n) is 4.20. The minimum Gasteiger partial charge on any atom is -0.480 e. The highest BCUT2D eigenvalue weighted by molar-refractivity contribution is 5.90. The molecule has 1 aromatic heterocycles. The maximum atomic E-state index is 12.9. The predicted octanol–water partition coefficient (Wildman–Crippen LogP) is 4.16. The van der Waals surface area contributed by atoms with Gasteiger partial charge < -0.3 is 9.47 Å². The van der Waals surface area contributed by atoms with Gasteiger partial charge in [0, 0.05) is 11.5 Å². The van der Waals surface area contributed by atoms with Crippen LogP contribution in [0.2, 0.25) is 0 Å². The molecule has 0 fully saturated rings. The number of benzene rings is 1. The van der Waals surface area contributed by atoms with Crippen molar-refractivity contribution in [1.29, 1.82) is 0 Å². The zero-order valence-corrected chi connectivity index (χ0v) is 11.1. The summed E-state index contributed by atoms with van der Waals surface area (Å²) in [5.74, 6) is 0.848. The summed E-state index contributed by atoms with van der Waals surface area (Å²) < 4.78 is 84.4. The molecular formula is C14H7F6NO2. The van der Waals surface area contributed by atoms with Crippen LogP contribution in [0.4, 0.5) is 26.3 Å². The summed E-state index contributed by atoms with van der Waals surface area (Å²) in [6.07, 6.45) is -4.99. The SMILES string of the molecule is C#CCOc1cc(C(F)(F)F)nc2c(OC(F)(F)F)cccc12. The molecule has 23 heavy (non-hydrogen) atoms. The Morgan fingerprint density at radius 2 is 1.78 bits per heavy atom. The Kier molecular flexibility index (Phi) is 4.27. The van der Waals surface area contributed by atoms with Gasteiger partial charge in [0.1, 0.15) is 23.6 Å². The van der Waals surface area contributed by atoms with Crippen molar-refractivity contribution in [2.45, 2.75) is 12.5 Å². The van der Waals surface area contributed by atoms with Crippen molar-refractivity contribution in [2.75, 3.05) is 6.61 Å². The summed E-state index contributed by atoms with van der Waals surface area (Å²) in [4.78, 5) is 3.22. The molecule has 0 aliphatic heterocycles. The number of pyridine rings is 1. The monoisotopic (exact) mass is 335 g/mol. The zero-order valence-electron chi connectivity index (χ0n) is 11.1. The molecule has 0 N–H and O–H groups in total. The number of ether oxygens (including phenoxy) is 2. The van der Waals surface area contributed by atoms with Crippen LogP contribution in [-0.4, -0.2) is 18.0 Å². The third kappa shape index (κ3) is 3.97. The highest BCUT2D eigenvalue weighted by atomic mass is 19.4. The molecule has 0 aliphatic carbocycles. The smallest absolute Gasteiger partial charge is 0.480 e. The van der Waals surface area contributed by atoms with E-state index in [2.05, 4.69) is 15.6 Å². The number of alkyl halides is 6. The minimum absolute atomic E-state index is 0.0880. The number of hydrogen-bond acceptors (Lipinski definition) is 3. The predicted molar refractivity (Wildman–Crippen MR) is 67.8 cm³/mol. The van der Waals surface area contributed by atoms with E-state index in [1.54, 1.807) is 0 Å². The summed E-state index contributed by atoms with van der Waals surface area (Å²) in [6.45, 7) is -0.360. The highest BCUT2D eigenvalue weighted by Crippen LogP contribution is 2.38. The fourth-order valence-electron chi connectivity index (χ4n) is 1.78. The van der Waals surface area contributed by atoms with E-state index in [0.717, 1.165) is 6.07 Å². The van der Waals surface area contributed by atoms with Crippen LogP contribution < -0.4 is 9.47 Å². The number of fused-ring (bicyclic) bond motifs is 1. The van der Waals surface area contributed by atoms with Crippen LogP contribution in [0.25, 0.3) is 10.9 Å². The van der Waals surface area contributed by atoms with Crippen molar-refractivity contribution in [2.24, 2.45) is 0 Å². The Bertz CT molecular complexity index is 761. The van der Waals surface area contributed by atoms with Gasteiger partial charge in [0.15, 0.2) is 5.75 Å². The Morgan fingerprint density at radius 3 is 2.35 bits per heavy atom. The van der Waals surface area contributed by atoms with Crippen LogP contribution in [0.1, 0.15) is 5.69 Å². The molecular weight excluding hydrogens is 328 g/mol. The summed E-state index contributed by atoms with van der Waals surface area (Å²) in [5, 5.41) is -0.0880. The third-order valence-corrected chi connectivity index (χ3v) is 2.59. The molecule has 0 aliphatic rings. The van der Waals surface area contributed by atoms with Gasteiger partial charge in [-0.25, -0.2) is 4.98 Å². The second kappa shape index (κ2) is 5.87. The van der Waals surface area contributed by atoms with E-state index in [9.17, 15) is 26.3 Å². The largest absolute Gasteiger partial charge is 0.573 e. The minimum atomic E-state index is -5.08. The normalized spacial score (nSPS) is 12.0. The summed E-state index contributed by atoms with van der Waals surface area (Å²) >= 11 is 0. The third-order valence-electron chi connectivity index (χ3n) is 2.59. The first-order chi connectivity index (χ1) is 10.6. The first-order valence-corrected chi connectivity index (χ1v) is 5.95. The van der Waals surface area contributed by atoms with Gasteiger partial charge in [-0.05, 0) is 12.1 Å². The van der Waals surface area contributed by atoms with Crippen LogP contribution in [-0.2, 0) is 6.18 Å². The van der Waals surface area contributed by atoms with Crippen molar-refractivity contribution in [3.8, 4) is 23.8 Å². The Hall–Kier alpha value is -2.63. The lowest BCUT2D eigenvalue weighted by Gasteiger charge is -2.15. The van der Waals surface area contributed by atoms with Crippen LogP contribution in [0.15, 0.2) is 24.3 Å². The van der Waals surface area contributed by atoms with Gasteiger partial charge in [-0.1, -0.05) is 12.0 Å². The molecule has 0 saturated heterocycles. The average molecular weight is 335 g/mol.